The van der Waals surface area contributed by atoms with Crippen LogP contribution in [-0.2, 0) is 10.0 Å². The zero-order valence-corrected chi connectivity index (χ0v) is 17.8. The first-order valence-corrected chi connectivity index (χ1v) is 10.7. The first-order chi connectivity index (χ1) is 14.3. The molecule has 0 atom stereocenters. The fraction of sp³-hybridized carbons (Fsp3) is 0.300. The number of sulfonamides is 1. The van der Waals surface area contributed by atoms with Crippen molar-refractivity contribution in [3.63, 3.8) is 0 Å². The van der Waals surface area contributed by atoms with Crippen LogP contribution in [0.4, 0.5) is 10.5 Å². The topological polar surface area (TPSA) is 123 Å². The number of nitrogens with one attached hydrogen (secondary N) is 3. The number of anilines is 1. The normalized spacial score (nSPS) is 10.8. The molecule has 0 aliphatic rings. The Hall–Kier alpha value is -3.27. The molecule has 2 aromatic carbocycles. The van der Waals surface area contributed by atoms with Crippen molar-refractivity contribution in [2.24, 2.45) is 0 Å². The third kappa shape index (κ3) is 6.11. The second-order valence-electron chi connectivity index (χ2n) is 6.26. The smallest absolute Gasteiger partial charge is 0.328 e. The number of ether oxygens (including phenoxy) is 2. The molecule has 162 valence electrons. The minimum absolute atomic E-state index is 0.0998. The van der Waals surface area contributed by atoms with Gasteiger partial charge >= 0.3 is 6.03 Å². The molecule has 0 aliphatic carbocycles. The van der Waals surface area contributed by atoms with Crippen molar-refractivity contribution in [3.8, 4) is 11.5 Å². The summed E-state index contributed by atoms with van der Waals surface area (Å²) in [5.41, 5.74) is 0.732. The summed E-state index contributed by atoms with van der Waals surface area (Å²) in [6.45, 7) is 2.35. The summed E-state index contributed by atoms with van der Waals surface area (Å²) in [5, 5.41) is 5.15. The number of unbranched alkanes of at least 4 members (excludes halogenated alkanes) is 1. The maximum atomic E-state index is 12.4. The number of amides is 3. The van der Waals surface area contributed by atoms with Crippen LogP contribution >= 0.6 is 0 Å². The Labute approximate surface area is 175 Å². The predicted octanol–water partition coefficient (Wildman–Crippen LogP) is 2.74. The zero-order chi connectivity index (χ0) is 22.1. The summed E-state index contributed by atoms with van der Waals surface area (Å²) in [6.07, 6.45) is 1.63. The molecule has 30 heavy (non-hydrogen) atoms. The molecule has 0 spiro atoms. The van der Waals surface area contributed by atoms with Gasteiger partial charge in [-0.2, -0.15) is 0 Å². The largest absolute Gasteiger partial charge is 0.493 e. The Morgan fingerprint density at radius 3 is 2.23 bits per heavy atom. The van der Waals surface area contributed by atoms with Gasteiger partial charge in [-0.15, -0.1) is 0 Å². The zero-order valence-electron chi connectivity index (χ0n) is 17.0. The number of urea groups is 1. The van der Waals surface area contributed by atoms with E-state index in [1.54, 1.807) is 12.1 Å². The minimum atomic E-state index is -4.02. The molecule has 9 nitrogen and oxygen atoms in total. The Morgan fingerprint density at radius 2 is 1.63 bits per heavy atom. The highest BCUT2D eigenvalue weighted by Crippen LogP contribution is 2.28. The lowest BCUT2D eigenvalue weighted by Gasteiger charge is -2.11. The summed E-state index contributed by atoms with van der Waals surface area (Å²) in [6, 6.07) is 9.40. The van der Waals surface area contributed by atoms with Crippen LogP contribution < -0.4 is 24.8 Å². The molecule has 2 aromatic rings. The van der Waals surface area contributed by atoms with E-state index in [1.807, 2.05) is 11.6 Å². The van der Waals surface area contributed by atoms with Gasteiger partial charge in [-0.05, 0) is 48.9 Å². The Balaban J connectivity index is 2.05. The predicted molar refractivity (Wildman–Crippen MR) is 113 cm³/mol. The molecule has 0 fully saturated rings. The molecule has 0 aromatic heterocycles. The molecule has 3 amide bonds. The van der Waals surface area contributed by atoms with Gasteiger partial charge in [0.25, 0.3) is 15.9 Å². The number of carbonyl (C=O) groups is 2. The van der Waals surface area contributed by atoms with E-state index in [9.17, 15) is 18.0 Å². The van der Waals surface area contributed by atoms with Crippen LogP contribution in [0.15, 0.2) is 47.4 Å². The van der Waals surface area contributed by atoms with E-state index >= 15 is 0 Å². The van der Waals surface area contributed by atoms with Crippen molar-refractivity contribution in [1.29, 1.82) is 0 Å². The molecule has 0 heterocycles. The van der Waals surface area contributed by atoms with Crippen LogP contribution in [0.2, 0.25) is 0 Å². The molecule has 0 aliphatic heterocycles. The molecule has 10 heteroatoms. The van der Waals surface area contributed by atoms with E-state index in [1.165, 1.54) is 44.6 Å². The molecule has 0 saturated heterocycles. The van der Waals surface area contributed by atoms with E-state index in [2.05, 4.69) is 10.6 Å². The number of methoxy groups -OCH3 is 2. The third-order valence-corrected chi connectivity index (χ3v) is 5.46. The Bertz CT molecular complexity index is 990. The van der Waals surface area contributed by atoms with Gasteiger partial charge in [0.2, 0.25) is 0 Å². The molecule has 0 radical (unpaired) electrons. The maximum absolute atomic E-state index is 12.4. The van der Waals surface area contributed by atoms with Gasteiger partial charge in [-0.1, -0.05) is 13.3 Å². The first kappa shape index (κ1) is 23.0. The van der Waals surface area contributed by atoms with E-state index < -0.39 is 22.0 Å². The number of benzene rings is 2. The van der Waals surface area contributed by atoms with Crippen LogP contribution in [0, 0.1) is 0 Å². The maximum Gasteiger partial charge on any atom is 0.328 e. The van der Waals surface area contributed by atoms with Gasteiger partial charge in [0.15, 0.2) is 11.5 Å². The monoisotopic (exact) mass is 435 g/mol. The Morgan fingerprint density at radius 1 is 0.967 bits per heavy atom. The number of rotatable bonds is 9. The standard InChI is InChI=1S/C20H25N3O6S/c1-4-5-12-21-20(25)23-30(26,27)16-9-7-15(8-10-16)22-19(24)14-6-11-17(28-2)18(13-14)29-3/h6-11,13H,4-5,12H2,1-3H3,(H,22,24)(H2,21,23,25). The number of carbonyl (C=O) groups excluding carboxylic acids is 2. The van der Waals surface area contributed by atoms with Crippen LogP contribution in [0.25, 0.3) is 0 Å². The van der Waals surface area contributed by atoms with E-state index in [-0.39, 0.29) is 4.90 Å². The highest BCUT2D eigenvalue weighted by Gasteiger charge is 2.17. The lowest BCUT2D eigenvalue weighted by molar-refractivity contribution is 0.102. The number of hydrogen-bond donors (Lipinski definition) is 3. The van der Waals surface area contributed by atoms with E-state index in [4.69, 9.17) is 9.47 Å². The molecular weight excluding hydrogens is 410 g/mol. The minimum Gasteiger partial charge on any atom is -0.493 e. The van der Waals surface area contributed by atoms with Gasteiger partial charge in [0.1, 0.15) is 0 Å². The third-order valence-electron chi connectivity index (χ3n) is 4.11. The van der Waals surface area contributed by atoms with Crippen molar-refractivity contribution in [1.82, 2.24) is 10.0 Å². The quantitative estimate of drug-likeness (QED) is 0.521. The number of hydrogen-bond acceptors (Lipinski definition) is 6. The fourth-order valence-corrected chi connectivity index (χ4v) is 3.42. The van der Waals surface area contributed by atoms with Crippen molar-refractivity contribution in [3.05, 3.63) is 48.0 Å². The highest BCUT2D eigenvalue weighted by atomic mass is 32.2. The van der Waals surface area contributed by atoms with Crippen LogP contribution in [0.3, 0.4) is 0 Å². The molecular formula is C20H25N3O6S. The average Bonchev–Trinajstić information content (AvgIpc) is 2.73. The van der Waals surface area contributed by atoms with E-state index in [0.717, 1.165) is 12.8 Å². The highest BCUT2D eigenvalue weighted by molar-refractivity contribution is 7.90. The molecule has 0 unspecified atom stereocenters. The lowest BCUT2D eigenvalue weighted by atomic mass is 10.2. The van der Waals surface area contributed by atoms with Crippen molar-refractivity contribution in [2.45, 2.75) is 24.7 Å². The first-order valence-electron chi connectivity index (χ1n) is 9.24. The molecule has 3 N–H and O–H groups in total. The SMILES string of the molecule is CCCCNC(=O)NS(=O)(=O)c1ccc(NC(=O)c2ccc(OC)c(OC)c2)cc1. The van der Waals surface area contributed by atoms with Crippen molar-refractivity contribution < 1.29 is 27.5 Å². The lowest BCUT2D eigenvalue weighted by Crippen LogP contribution is -2.39. The second kappa shape index (κ2) is 10.5. The summed E-state index contributed by atoms with van der Waals surface area (Å²) in [5.74, 6) is 0.504. The van der Waals surface area contributed by atoms with Crippen molar-refractivity contribution >= 4 is 27.6 Å². The van der Waals surface area contributed by atoms with Gasteiger partial charge in [-0.25, -0.2) is 17.9 Å². The molecule has 0 bridgehead atoms. The summed E-state index contributed by atoms with van der Waals surface area (Å²) < 4.78 is 36.8. The van der Waals surface area contributed by atoms with Gasteiger partial charge in [-0.3, -0.25) is 4.79 Å². The van der Waals surface area contributed by atoms with Gasteiger partial charge in [0, 0.05) is 17.8 Å². The van der Waals surface area contributed by atoms with E-state index in [0.29, 0.717) is 29.3 Å². The molecule has 2 rings (SSSR count). The summed E-state index contributed by atoms with van der Waals surface area (Å²) in [7, 11) is -1.05. The summed E-state index contributed by atoms with van der Waals surface area (Å²) >= 11 is 0. The van der Waals surface area contributed by atoms with Crippen LogP contribution in [-0.4, -0.2) is 41.1 Å². The molecule has 0 saturated carbocycles. The fourth-order valence-electron chi connectivity index (χ4n) is 2.49. The second-order valence-corrected chi connectivity index (χ2v) is 7.95. The van der Waals surface area contributed by atoms with Crippen LogP contribution in [0.5, 0.6) is 11.5 Å². The van der Waals surface area contributed by atoms with Gasteiger partial charge in [0.05, 0.1) is 19.1 Å². The van der Waals surface area contributed by atoms with Crippen LogP contribution in [0.1, 0.15) is 30.1 Å². The average molecular weight is 436 g/mol. The van der Waals surface area contributed by atoms with Gasteiger partial charge < -0.3 is 20.1 Å². The Kier molecular flexibility index (Phi) is 8.05. The van der Waals surface area contributed by atoms with Crippen molar-refractivity contribution in [2.75, 3.05) is 26.1 Å². The summed E-state index contributed by atoms with van der Waals surface area (Å²) in [4.78, 5) is 24.0.